The summed E-state index contributed by atoms with van der Waals surface area (Å²) in [6, 6.07) is 1.77. The number of likely N-dealkylation sites (tertiary alicyclic amines) is 1. The SMILES string of the molecule is O=C(CN1C(=O)CCC1=O)NCC(O)c1ccsc1. The molecule has 0 saturated carbocycles. The second-order valence-electron chi connectivity index (χ2n) is 4.25. The van der Waals surface area contributed by atoms with Gasteiger partial charge in [-0.2, -0.15) is 11.3 Å². The predicted octanol–water partition coefficient (Wildman–Crippen LogP) is 0.0467. The normalized spacial score (nSPS) is 16.8. The van der Waals surface area contributed by atoms with E-state index >= 15 is 0 Å². The number of rotatable bonds is 5. The van der Waals surface area contributed by atoms with Gasteiger partial charge in [0.25, 0.3) is 0 Å². The van der Waals surface area contributed by atoms with E-state index in [1.54, 1.807) is 11.4 Å². The van der Waals surface area contributed by atoms with Crippen LogP contribution in [0.2, 0.25) is 0 Å². The van der Waals surface area contributed by atoms with Crippen molar-refractivity contribution in [3.05, 3.63) is 22.4 Å². The molecule has 0 bridgehead atoms. The van der Waals surface area contributed by atoms with Gasteiger partial charge in [-0.05, 0) is 22.4 Å². The van der Waals surface area contributed by atoms with E-state index in [1.807, 2.05) is 5.38 Å². The van der Waals surface area contributed by atoms with Crippen molar-refractivity contribution < 1.29 is 19.5 Å². The molecular formula is C12H14N2O4S. The number of nitrogens with zero attached hydrogens (tertiary/aromatic N) is 1. The van der Waals surface area contributed by atoms with E-state index in [9.17, 15) is 19.5 Å². The molecule has 1 aromatic rings. The van der Waals surface area contributed by atoms with Crippen LogP contribution >= 0.6 is 11.3 Å². The summed E-state index contributed by atoms with van der Waals surface area (Å²) in [6.45, 7) is -0.209. The fraction of sp³-hybridized carbons (Fsp3) is 0.417. The number of carbonyl (C=O) groups excluding carboxylic acids is 3. The van der Waals surface area contributed by atoms with Crippen LogP contribution < -0.4 is 5.32 Å². The van der Waals surface area contributed by atoms with Crippen molar-refractivity contribution in [3.63, 3.8) is 0 Å². The number of thiophene rings is 1. The molecule has 1 saturated heterocycles. The molecule has 6 nitrogen and oxygen atoms in total. The van der Waals surface area contributed by atoms with Crippen molar-refractivity contribution in [3.8, 4) is 0 Å². The molecule has 2 N–H and O–H groups in total. The Bertz CT molecular complexity index is 470. The summed E-state index contributed by atoms with van der Waals surface area (Å²) in [5.41, 5.74) is 0.735. The number of amides is 3. The highest BCUT2D eigenvalue weighted by Gasteiger charge is 2.30. The van der Waals surface area contributed by atoms with Crippen molar-refractivity contribution >= 4 is 29.1 Å². The second kappa shape index (κ2) is 5.94. The molecule has 1 aromatic heterocycles. The summed E-state index contributed by atoms with van der Waals surface area (Å²) >= 11 is 1.46. The van der Waals surface area contributed by atoms with Crippen molar-refractivity contribution in [1.82, 2.24) is 10.2 Å². The molecule has 0 radical (unpaired) electrons. The van der Waals surface area contributed by atoms with Crippen LogP contribution in [-0.4, -0.2) is 40.8 Å². The highest BCUT2D eigenvalue weighted by Crippen LogP contribution is 2.15. The smallest absolute Gasteiger partial charge is 0.240 e. The van der Waals surface area contributed by atoms with Crippen molar-refractivity contribution in [2.45, 2.75) is 18.9 Å². The molecule has 2 rings (SSSR count). The van der Waals surface area contributed by atoms with E-state index < -0.39 is 12.0 Å². The summed E-state index contributed by atoms with van der Waals surface area (Å²) in [7, 11) is 0. The molecule has 1 aliphatic rings. The van der Waals surface area contributed by atoms with Gasteiger partial charge in [0, 0.05) is 19.4 Å². The minimum Gasteiger partial charge on any atom is -0.387 e. The van der Waals surface area contributed by atoms with Crippen LogP contribution in [0.1, 0.15) is 24.5 Å². The highest BCUT2D eigenvalue weighted by molar-refractivity contribution is 7.07. The zero-order chi connectivity index (χ0) is 13.8. The average molecular weight is 282 g/mol. The molecule has 7 heteroatoms. The van der Waals surface area contributed by atoms with Gasteiger partial charge in [-0.3, -0.25) is 19.3 Å². The summed E-state index contributed by atoms with van der Waals surface area (Å²) in [5.74, 6) is -1.09. The van der Waals surface area contributed by atoms with Gasteiger partial charge in [0.05, 0.1) is 6.10 Å². The van der Waals surface area contributed by atoms with Crippen molar-refractivity contribution in [2.24, 2.45) is 0 Å². The van der Waals surface area contributed by atoms with Crippen LogP contribution in [-0.2, 0) is 14.4 Å². The van der Waals surface area contributed by atoms with Gasteiger partial charge in [0.15, 0.2) is 0 Å². The Morgan fingerprint density at radius 2 is 2.11 bits per heavy atom. The van der Waals surface area contributed by atoms with Crippen LogP contribution in [0.15, 0.2) is 16.8 Å². The van der Waals surface area contributed by atoms with Gasteiger partial charge in [-0.15, -0.1) is 0 Å². The van der Waals surface area contributed by atoms with Gasteiger partial charge >= 0.3 is 0 Å². The Labute approximate surface area is 114 Å². The fourth-order valence-corrected chi connectivity index (χ4v) is 2.50. The van der Waals surface area contributed by atoms with E-state index in [4.69, 9.17) is 0 Å². The molecule has 1 fully saturated rings. The first-order valence-electron chi connectivity index (χ1n) is 5.88. The molecule has 3 amide bonds. The van der Waals surface area contributed by atoms with Gasteiger partial charge in [0.2, 0.25) is 17.7 Å². The molecule has 0 spiro atoms. The maximum absolute atomic E-state index is 11.6. The Hall–Kier alpha value is -1.73. The number of imide groups is 1. The molecular weight excluding hydrogens is 268 g/mol. The maximum atomic E-state index is 11.6. The number of aliphatic hydroxyl groups excluding tert-OH is 1. The topological polar surface area (TPSA) is 86.7 Å². The first-order chi connectivity index (χ1) is 9.08. The lowest BCUT2D eigenvalue weighted by Gasteiger charge is -2.15. The molecule has 0 aromatic carbocycles. The van der Waals surface area contributed by atoms with E-state index in [-0.39, 0.29) is 37.7 Å². The molecule has 1 aliphatic heterocycles. The lowest BCUT2D eigenvalue weighted by molar-refractivity contribution is -0.142. The highest BCUT2D eigenvalue weighted by atomic mass is 32.1. The van der Waals surface area contributed by atoms with E-state index in [0.717, 1.165) is 10.5 Å². The molecule has 19 heavy (non-hydrogen) atoms. The third-order valence-corrected chi connectivity index (χ3v) is 3.58. The third-order valence-electron chi connectivity index (χ3n) is 2.88. The molecule has 2 heterocycles. The predicted molar refractivity (Wildman–Crippen MR) is 68.2 cm³/mol. The van der Waals surface area contributed by atoms with Gasteiger partial charge < -0.3 is 10.4 Å². The third kappa shape index (κ3) is 3.39. The van der Waals surface area contributed by atoms with Crippen molar-refractivity contribution in [2.75, 3.05) is 13.1 Å². The van der Waals surface area contributed by atoms with E-state index in [1.165, 1.54) is 11.3 Å². The van der Waals surface area contributed by atoms with Gasteiger partial charge in [0.1, 0.15) is 6.54 Å². The zero-order valence-corrected chi connectivity index (χ0v) is 11.0. The minimum atomic E-state index is -0.778. The summed E-state index contributed by atoms with van der Waals surface area (Å²) in [5, 5.41) is 15.9. The van der Waals surface area contributed by atoms with E-state index in [2.05, 4.69) is 5.32 Å². The largest absolute Gasteiger partial charge is 0.387 e. The fourth-order valence-electron chi connectivity index (χ4n) is 1.79. The summed E-state index contributed by atoms with van der Waals surface area (Å²) in [4.78, 5) is 35.2. The maximum Gasteiger partial charge on any atom is 0.240 e. The lowest BCUT2D eigenvalue weighted by atomic mass is 10.2. The Morgan fingerprint density at radius 1 is 1.42 bits per heavy atom. The standard InChI is InChI=1S/C12H14N2O4S/c15-9(8-3-4-19-7-8)5-13-10(16)6-14-11(17)1-2-12(14)18/h3-4,7,9,15H,1-2,5-6H2,(H,13,16). The molecule has 0 aliphatic carbocycles. The monoisotopic (exact) mass is 282 g/mol. The van der Waals surface area contributed by atoms with Crippen LogP contribution in [0.25, 0.3) is 0 Å². The molecule has 102 valence electrons. The Morgan fingerprint density at radius 3 is 2.68 bits per heavy atom. The second-order valence-corrected chi connectivity index (χ2v) is 5.03. The minimum absolute atomic E-state index is 0.0613. The number of nitrogens with one attached hydrogen (secondary N) is 1. The lowest BCUT2D eigenvalue weighted by Crippen LogP contribution is -2.41. The Balaban J connectivity index is 1.79. The number of carbonyl (C=O) groups is 3. The first-order valence-corrected chi connectivity index (χ1v) is 6.82. The molecule has 1 atom stereocenters. The van der Waals surface area contributed by atoms with Crippen molar-refractivity contribution in [1.29, 1.82) is 0 Å². The van der Waals surface area contributed by atoms with Gasteiger partial charge in [-0.25, -0.2) is 0 Å². The number of hydrogen-bond acceptors (Lipinski definition) is 5. The van der Waals surface area contributed by atoms with E-state index in [0.29, 0.717) is 0 Å². The van der Waals surface area contributed by atoms with Gasteiger partial charge in [-0.1, -0.05) is 0 Å². The number of hydrogen-bond donors (Lipinski definition) is 2. The first kappa shape index (κ1) is 13.7. The van der Waals surface area contributed by atoms with Crippen LogP contribution in [0.3, 0.4) is 0 Å². The summed E-state index contributed by atoms with van der Waals surface area (Å²) < 4.78 is 0. The zero-order valence-electron chi connectivity index (χ0n) is 10.2. The van der Waals surface area contributed by atoms with Crippen LogP contribution in [0, 0.1) is 0 Å². The Kier molecular flexibility index (Phi) is 4.28. The number of aliphatic hydroxyl groups is 1. The molecule has 1 unspecified atom stereocenters. The quantitative estimate of drug-likeness (QED) is 0.747. The summed E-state index contributed by atoms with van der Waals surface area (Å²) in [6.07, 6.45) is -0.437. The van der Waals surface area contributed by atoms with Crippen LogP contribution in [0.4, 0.5) is 0 Å². The average Bonchev–Trinajstić information content (AvgIpc) is 3.01. The van der Waals surface area contributed by atoms with Crippen LogP contribution in [0.5, 0.6) is 0 Å².